The van der Waals surface area contributed by atoms with E-state index in [9.17, 15) is 4.79 Å². The molecule has 0 saturated heterocycles. The van der Waals surface area contributed by atoms with E-state index >= 15 is 0 Å². The van der Waals surface area contributed by atoms with Crippen LogP contribution < -0.4 is 16.0 Å². The van der Waals surface area contributed by atoms with Gasteiger partial charge in [-0.1, -0.05) is 69.1 Å². The van der Waals surface area contributed by atoms with E-state index < -0.39 is 0 Å². The molecule has 6 heteroatoms. The Morgan fingerprint density at radius 2 is 2.15 bits per heavy atom. The van der Waals surface area contributed by atoms with Crippen LogP contribution in [0.25, 0.3) is 11.6 Å². The second-order valence-electron chi connectivity index (χ2n) is 6.05. The van der Waals surface area contributed by atoms with E-state index in [0.717, 1.165) is 36.1 Å². The number of imidazole rings is 1. The predicted octanol–water partition coefficient (Wildman–Crippen LogP) is 3.69. The van der Waals surface area contributed by atoms with Crippen LogP contribution in [0, 0.1) is 0 Å². The third-order valence-electron chi connectivity index (χ3n) is 4.11. The molecular formula is C20H24ClN3OS. The minimum Gasteiger partial charge on any atom is -0.343 e. The van der Waals surface area contributed by atoms with Crippen molar-refractivity contribution in [2.45, 2.75) is 43.5 Å². The monoisotopic (exact) mass is 389 g/mol. The number of aromatic amines is 1. The summed E-state index contributed by atoms with van der Waals surface area (Å²) in [6.07, 6.45) is 5.55. The zero-order valence-corrected chi connectivity index (χ0v) is 16.5. The first-order valence-electron chi connectivity index (χ1n) is 8.63. The average Bonchev–Trinajstić information content (AvgIpc) is 3.03. The van der Waals surface area contributed by atoms with Gasteiger partial charge in [-0.25, -0.2) is 4.98 Å². The minimum atomic E-state index is -0.298. The molecule has 138 valence electrons. The Bertz CT molecular complexity index is 891. The zero-order valence-electron chi connectivity index (χ0n) is 14.9. The van der Waals surface area contributed by atoms with Crippen molar-refractivity contribution in [3.8, 4) is 0 Å². The number of allylic oxidation sites excluding steroid dienone is 1. The quantitative estimate of drug-likeness (QED) is 0.476. The molecule has 0 aliphatic heterocycles. The van der Waals surface area contributed by atoms with E-state index in [1.54, 1.807) is 0 Å². The van der Waals surface area contributed by atoms with Crippen LogP contribution in [0.15, 0.2) is 41.8 Å². The zero-order chi connectivity index (χ0) is 19.1. The summed E-state index contributed by atoms with van der Waals surface area (Å²) < 4.78 is 0. The molecule has 1 amide bonds. The van der Waals surface area contributed by atoms with Gasteiger partial charge in [0.1, 0.15) is 5.35 Å². The van der Waals surface area contributed by atoms with Gasteiger partial charge in [0.25, 0.3) is 5.91 Å². The summed E-state index contributed by atoms with van der Waals surface area (Å²) in [7, 11) is 0. The van der Waals surface area contributed by atoms with Crippen molar-refractivity contribution in [2.24, 2.45) is 0 Å². The first-order chi connectivity index (χ1) is 12.5. The molecule has 0 saturated carbocycles. The SMILES string of the molecule is C=C/C(Cl)=c1/nc(C(=O)NC(CCCCC)c2ccccc2S)[nH]c1=C. The summed E-state index contributed by atoms with van der Waals surface area (Å²) in [6, 6.07) is 7.66. The van der Waals surface area contributed by atoms with E-state index in [0.29, 0.717) is 15.7 Å². The maximum absolute atomic E-state index is 12.7. The molecule has 4 nitrogen and oxygen atoms in total. The highest BCUT2D eigenvalue weighted by Crippen LogP contribution is 2.25. The number of thiol groups is 1. The summed E-state index contributed by atoms with van der Waals surface area (Å²) in [5, 5.41) is 4.33. The van der Waals surface area contributed by atoms with Crippen molar-refractivity contribution >= 4 is 41.7 Å². The van der Waals surface area contributed by atoms with Crippen LogP contribution in [0.2, 0.25) is 0 Å². The van der Waals surface area contributed by atoms with Crippen molar-refractivity contribution in [1.29, 1.82) is 0 Å². The van der Waals surface area contributed by atoms with E-state index in [1.165, 1.54) is 6.08 Å². The van der Waals surface area contributed by atoms with Crippen LogP contribution in [0.5, 0.6) is 0 Å². The van der Waals surface area contributed by atoms with Gasteiger partial charge in [-0.05, 0) is 24.1 Å². The number of rotatable bonds is 8. The van der Waals surface area contributed by atoms with E-state index in [1.807, 2.05) is 24.3 Å². The number of H-pyrrole nitrogens is 1. The third kappa shape index (κ3) is 5.02. The number of nitrogens with zero attached hydrogens (tertiary/aromatic N) is 1. The van der Waals surface area contributed by atoms with Gasteiger partial charge in [-0.3, -0.25) is 4.79 Å². The van der Waals surface area contributed by atoms with Crippen molar-refractivity contribution in [3.63, 3.8) is 0 Å². The molecule has 26 heavy (non-hydrogen) atoms. The van der Waals surface area contributed by atoms with Crippen molar-refractivity contribution in [1.82, 2.24) is 15.3 Å². The van der Waals surface area contributed by atoms with E-state index in [4.69, 9.17) is 11.6 Å². The van der Waals surface area contributed by atoms with Gasteiger partial charge < -0.3 is 10.3 Å². The second-order valence-corrected chi connectivity index (χ2v) is 6.93. The summed E-state index contributed by atoms with van der Waals surface area (Å²) in [5.41, 5.74) is 0.998. The first kappa shape index (κ1) is 20.3. The lowest BCUT2D eigenvalue weighted by atomic mass is 10.00. The maximum Gasteiger partial charge on any atom is 0.287 e. The number of nitrogens with one attached hydrogen (secondary N) is 2. The Hall–Kier alpha value is -1.98. The molecule has 1 aromatic heterocycles. The molecule has 0 bridgehead atoms. The molecule has 2 N–H and O–H groups in total. The molecule has 0 fully saturated rings. The van der Waals surface area contributed by atoms with E-state index in [2.05, 4.69) is 48.0 Å². The van der Waals surface area contributed by atoms with Gasteiger partial charge in [-0.15, -0.1) is 12.6 Å². The Labute approximate surface area is 164 Å². The fourth-order valence-electron chi connectivity index (χ4n) is 2.72. The third-order valence-corrected chi connectivity index (χ3v) is 4.85. The molecule has 0 aliphatic rings. The molecule has 0 radical (unpaired) electrons. The van der Waals surface area contributed by atoms with Gasteiger partial charge in [0.2, 0.25) is 0 Å². The molecule has 1 atom stereocenters. The van der Waals surface area contributed by atoms with Crippen LogP contribution in [-0.4, -0.2) is 15.9 Å². The number of amides is 1. The van der Waals surface area contributed by atoms with Crippen LogP contribution in [0.4, 0.5) is 0 Å². The molecule has 0 spiro atoms. The Morgan fingerprint density at radius 1 is 1.42 bits per heavy atom. The number of halogens is 1. The highest BCUT2D eigenvalue weighted by atomic mass is 35.5. The fraction of sp³-hybridized carbons (Fsp3) is 0.300. The summed E-state index contributed by atoms with van der Waals surface area (Å²) in [4.78, 5) is 20.7. The van der Waals surface area contributed by atoms with Crippen molar-refractivity contribution in [3.05, 3.63) is 59.0 Å². The Morgan fingerprint density at radius 3 is 2.81 bits per heavy atom. The van der Waals surface area contributed by atoms with Crippen LogP contribution in [0.3, 0.4) is 0 Å². The van der Waals surface area contributed by atoms with E-state index in [-0.39, 0.29) is 17.8 Å². The Balaban J connectivity index is 2.28. The summed E-state index contributed by atoms with van der Waals surface area (Å²) >= 11 is 10.6. The molecule has 2 aromatic rings. The minimum absolute atomic E-state index is 0.136. The lowest BCUT2D eigenvalue weighted by molar-refractivity contribution is 0.0923. The number of carbonyl (C=O) groups excluding carboxylic acids is 1. The van der Waals surface area contributed by atoms with Gasteiger partial charge in [0, 0.05) is 4.90 Å². The van der Waals surface area contributed by atoms with Gasteiger partial charge >= 0.3 is 0 Å². The number of unbranched alkanes of at least 4 members (excludes halogenated alkanes) is 2. The summed E-state index contributed by atoms with van der Waals surface area (Å²) in [6.45, 7) is 9.61. The fourth-order valence-corrected chi connectivity index (χ4v) is 3.20. The van der Waals surface area contributed by atoms with Gasteiger partial charge in [0.15, 0.2) is 5.82 Å². The lowest BCUT2D eigenvalue weighted by Crippen LogP contribution is -2.30. The molecule has 1 aromatic carbocycles. The predicted molar refractivity (Wildman–Crippen MR) is 111 cm³/mol. The number of aromatic nitrogens is 2. The molecule has 1 unspecified atom stereocenters. The average molecular weight is 390 g/mol. The molecule has 0 aliphatic carbocycles. The number of carbonyl (C=O) groups is 1. The van der Waals surface area contributed by atoms with Crippen LogP contribution in [0.1, 0.15) is 54.8 Å². The topological polar surface area (TPSA) is 57.8 Å². The normalized spacial score (nSPS) is 13.2. The maximum atomic E-state index is 12.7. The molecule has 1 heterocycles. The second kappa shape index (κ2) is 9.64. The molecule has 2 rings (SSSR count). The smallest absolute Gasteiger partial charge is 0.287 e. The highest BCUT2D eigenvalue weighted by molar-refractivity contribution is 7.80. The van der Waals surface area contributed by atoms with Crippen LogP contribution >= 0.6 is 24.2 Å². The highest BCUT2D eigenvalue weighted by Gasteiger charge is 2.19. The van der Waals surface area contributed by atoms with Crippen LogP contribution in [-0.2, 0) is 0 Å². The lowest BCUT2D eigenvalue weighted by Gasteiger charge is -2.20. The molecular weight excluding hydrogens is 366 g/mol. The number of hydrogen-bond donors (Lipinski definition) is 3. The van der Waals surface area contributed by atoms with Gasteiger partial charge in [0.05, 0.1) is 16.4 Å². The van der Waals surface area contributed by atoms with Crippen molar-refractivity contribution in [2.75, 3.05) is 0 Å². The number of hydrogen-bond acceptors (Lipinski definition) is 3. The van der Waals surface area contributed by atoms with Crippen molar-refractivity contribution < 1.29 is 4.79 Å². The van der Waals surface area contributed by atoms with Gasteiger partial charge in [-0.2, -0.15) is 0 Å². The number of benzene rings is 1. The standard InChI is InChI=1S/C20H24ClN3OS/c1-4-6-7-11-16(14-10-8-9-12-17(14)26)23-20(25)19-22-13(3)18(24-19)15(21)5-2/h5,8-10,12,16,26H,2-4,6-7,11H2,1H3,(H,22,24)(H,23,25)/b18-15-. The Kier molecular flexibility index (Phi) is 7.54. The summed E-state index contributed by atoms with van der Waals surface area (Å²) in [5.74, 6) is -0.116. The largest absolute Gasteiger partial charge is 0.343 e. The first-order valence-corrected chi connectivity index (χ1v) is 9.46.